The van der Waals surface area contributed by atoms with Crippen LogP contribution >= 0.6 is 0 Å². The molecule has 0 bridgehead atoms. The highest BCUT2D eigenvalue weighted by molar-refractivity contribution is 6.00. The van der Waals surface area contributed by atoms with E-state index in [1.54, 1.807) is 21.6 Å². The van der Waals surface area contributed by atoms with Crippen molar-refractivity contribution in [3.8, 4) is 11.4 Å². The number of para-hydroxylation sites is 2. The van der Waals surface area contributed by atoms with Crippen LogP contribution in [0.1, 0.15) is 41.8 Å². The average Bonchev–Trinajstić information content (AvgIpc) is 3.35. The molecule has 0 saturated heterocycles. The van der Waals surface area contributed by atoms with Crippen LogP contribution in [-0.4, -0.2) is 30.5 Å². The molecular formula is C22H22N6O. The Morgan fingerprint density at radius 3 is 2.45 bits per heavy atom. The lowest BCUT2D eigenvalue weighted by Gasteiger charge is -2.12. The SMILES string of the molecule is Cc1nc(C(=O)Nc2ccn(-c3ccccc3)n2)nn1-c1ccccc1C(C)C. The molecule has 0 radical (unpaired) electrons. The molecule has 2 heterocycles. The zero-order valence-electron chi connectivity index (χ0n) is 16.6. The molecular weight excluding hydrogens is 364 g/mol. The van der Waals surface area contributed by atoms with E-state index in [9.17, 15) is 4.79 Å². The van der Waals surface area contributed by atoms with Crippen LogP contribution in [0.25, 0.3) is 11.4 Å². The molecule has 0 atom stereocenters. The quantitative estimate of drug-likeness (QED) is 0.559. The van der Waals surface area contributed by atoms with Crippen molar-refractivity contribution < 1.29 is 4.79 Å². The first-order chi connectivity index (χ1) is 14.0. The lowest BCUT2D eigenvalue weighted by Crippen LogP contribution is -2.15. The highest BCUT2D eigenvalue weighted by atomic mass is 16.2. The maximum absolute atomic E-state index is 12.7. The Morgan fingerprint density at radius 1 is 0.966 bits per heavy atom. The molecule has 2 aromatic heterocycles. The van der Waals surface area contributed by atoms with Gasteiger partial charge in [0.05, 0.1) is 11.4 Å². The number of aryl methyl sites for hydroxylation is 1. The number of carbonyl (C=O) groups is 1. The largest absolute Gasteiger partial charge is 0.302 e. The molecule has 1 amide bonds. The highest BCUT2D eigenvalue weighted by Crippen LogP contribution is 2.23. The number of hydrogen-bond acceptors (Lipinski definition) is 4. The van der Waals surface area contributed by atoms with Gasteiger partial charge in [0.15, 0.2) is 5.82 Å². The predicted molar refractivity (Wildman–Crippen MR) is 112 cm³/mol. The third-order valence-corrected chi connectivity index (χ3v) is 4.61. The van der Waals surface area contributed by atoms with Gasteiger partial charge in [-0.05, 0) is 36.6 Å². The van der Waals surface area contributed by atoms with Gasteiger partial charge < -0.3 is 5.32 Å². The molecule has 1 N–H and O–H groups in total. The molecule has 7 heteroatoms. The Balaban J connectivity index is 1.57. The first kappa shape index (κ1) is 18.6. The van der Waals surface area contributed by atoms with E-state index in [1.807, 2.05) is 55.5 Å². The second kappa shape index (κ2) is 7.71. The van der Waals surface area contributed by atoms with Gasteiger partial charge in [0.1, 0.15) is 5.82 Å². The second-order valence-corrected chi connectivity index (χ2v) is 7.04. The summed E-state index contributed by atoms with van der Waals surface area (Å²) in [4.78, 5) is 17.0. The summed E-state index contributed by atoms with van der Waals surface area (Å²) in [5.74, 6) is 1.13. The molecule has 4 aromatic rings. The van der Waals surface area contributed by atoms with Gasteiger partial charge in [0.25, 0.3) is 5.91 Å². The van der Waals surface area contributed by atoms with Crippen molar-refractivity contribution in [2.75, 3.05) is 5.32 Å². The molecule has 2 aromatic carbocycles. The lowest BCUT2D eigenvalue weighted by atomic mass is 10.0. The smallest absolute Gasteiger partial charge is 0.296 e. The van der Waals surface area contributed by atoms with Crippen LogP contribution in [0.4, 0.5) is 5.82 Å². The fourth-order valence-electron chi connectivity index (χ4n) is 3.17. The molecule has 0 aliphatic carbocycles. The van der Waals surface area contributed by atoms with E-state index >= 15 is 0 Å². The molecule has 0 spiro atoms. The van der Waals surface area contributed by atoms with Crippen LogP contribution in [0, 0.1) is 6.92 Å². The van der Waals surface area contributed by atoms with Gasteiger partial charge in [0, 0.05) is 12.3 Å². The maximum atomic E-state index is 12.7. The summed E-state index contributed by atoms with van der Waals surface area (Å²) in [6.07, 6.45) is 1.79. The number of rotatable bonds is 5. The lowest BCUT2D eigenvalue weighted by molar-refractivity contribution is 0.101. The van der Waals surface area contributed by atoms with Crippen molar-refractivity contribution in [1.82, 2.24) is 24.5 Å². The van der Waals surface area contributed by atoms with E-state index in [2.05, 4.69) is 40.4 Å². The number of carbonyl (C=O) groups excluding carboxylic acids is 1. The number of anilines is 1. The van der Waals surface area contributed by atoms with E-state index in [0.29, 0.717) is 17.6 Å². The molecule has 29 heavy (non-hydrogen) atoms. The Morgan fingerprint density at radius 2 is 1.69 bits per heavy atom. The molecule has 0 unspecified atom stereocenters. The zero-order chi connectivity index (χ0) is 20.4. The Bertz CT molecular complexity index is 1140. The Hall–Kier alpha value is -3.74. The average molecular weight is 386 g/mol. The summed E-state index contributed by atoms with van der Waals surface area (Å²) in [6.45, 7) is 6.09. The van der Waals surface area contributed by atoms with Crippen LogP contribution < -0.4 is 5.32 Å². The number of amides is 1. The summed E-state index contributed by atoms with van der Waals surface area (Å²) in [5.41, 5.74) is 2.99. The maximum Gasteiger partial charge on any atom is 0.296 e. The summed E-state index contributed by atoms with van der Waals surface area (Å²) in [7, 11) is 0. The zero-order valence-corrected chi connectivity index (χ0v) is 16.6. The minimum atomic E-state index is -0.396. The third kappa shape index (κ3) is 3.80. The fourth-order valence-corrected chi connectivity index (χ4v) is 3.17. The van der Waals surface area contributed by atoms with Crippen LogP contribution in [-0.2, 0) is 0 Å². The number of nitrogens with one attached hydrogen (secondary N) is 1. The predicted octanol–water partition coefficient (Wildman–Crippen LogP) is 4.14. The monoisotopic (exact) mass is 386 g/mol. The van der Waals surface area contributed by atoms with Crippen molar-refractivity contribution in [1.29, 1.82) is 0 Å². The van der Waals surface area contributed by atoms with Gasteiger partial charge in [-0.1, -0.05) is 50.2 Å². The highest BCUT2D eigenvalue weighted by Gasteiger charge is 2.18. The van der Waals surface area contributed by atoms with Crippen molar-refractivity contribution in [2.24, 2.45) is 0 Å². The molecule has 0 aliphatic heterocycles. The van der Waals surface area contributed by atoms with Crippen LogP contribution in [0.5, 0.6) is 0 Å². The van der Waals surface area contributed by atoms with E-state index in [0.717, 1.165) is 16.9 Å². The molecule has 0 fully saturated rings. The van der Waals surface area contributed by atoms with Gasteiger partial charge in [-0.3, -0.25) is 4.79 Å². The van der Waals surface area contributed by atoms with Crippen molar-refractivity contribution in [3.63, 3.8) is 0 Å². The molecule has 0 aliphatic rings. The molecule has 146 valence electrons. The normalized spacial score (nSPS) is 11.0. The first-order valence-electron chi connectivity index (χ1n) is 9.48. The van der Waals surface area contributed by atoms with E-state index in [-0.39, 0.29) is 5.82 Å². The van der Waals surface area contributed by atoms with Gasteiger partial charge >= 0.3 is 0 Å². The number of benzene rings is 2. The van der Waals surface area contributed by atoms with Gasteiger partial charge in [-0.15, -0.1) is 5.10 Å². The van der Waals surface area contributed by atoms with Gasteiger partial charge in [-0.25, -0.2) is 14.3 Å². The fraction of sp³-hybridized carbons (Fsp3) is 0.182. The first-order valence-corrected chi connectivity index (χ1v) is 9.48. The molecule has 7 nitrogen and oxygen atoms in total. The Kier molecular flexibility index (Phi) is 4.95. The molecule has 0 saturated carbocycles. The second-order valence-electron chi connectivity index (χ2n) is 7.04. The summed E-state index contributed by atoms with van der Waals surface area (Å²) < 4.78 is 3.42. The number of nitrogens with zero attached hydrogens (tertiary/aromatic N) is 5. The molecule has 4 rings (SSSR count). The van der Waals surface area contributed by atoms with Crippen molar-refractivity contribution in [3.05, 3.63) is 84.1 Å². The number of hydrogen-bond donors (Lipinski definition) is 1. The van der Waals surface area contributed by atoms with E-state index < -0.39 is 5.91 Å². The van der Waals surface area contributed by atoms with Crippen molar-refractivity contribution >= 4 is 11.7 Å². The topological polar surface area (TPSA) is 77.6 Å². The number of aromatic nitrogens is 5. The van der Waals surface area contributed by atoms with Gasteiger partial charge in [0.2, 0.25) is 5.82 Å². The van der Waals surface area contributed by atoms with Crippen LogP contribution in [0.2, 0.25) is 0 Å². The van der Waals surface area contributed by atoms with Crippen molar-refractivity contribution in [2.45, 2.75) is 26.7 Å². The summed E-state index contributed by atoms with van der Waals surface area (Å²) in [5, 5.41) is 11.6. The minimum absolute atomic E-state index is 0.107. The Labute approximate surface area is 169 Å². The summed E-state index contributed by atoms with van der Waals surface area (Å²) >= 11 is 0. The standard InChI is InChI=1S/C22H22N6O/c1-15(2)18-11-7-8-12-19(18)28-16(3)23-21(26-28)22(29)24-20-13-14-27(25-20)17-9-5-4-6-10-17/h4-15H,1-3H3,(H,24,25,29). The van der Waals surface area contributed by atoms with Gasteiger partial charge in [-0.2, -0.15) is 5.10 Å². The third-order valence-electron chi connectivity index (χ3n) is 4.61. The van der Waals surface area contributed by atoms with Crippen LogP contribution in [0.3, 0.4) is 0 Å². The van der Waals surface area contributed by atoms with E-state index in [1.165, 1.54) is 0 Å². The minimum Gasteiger partial charge on any atom is -0.302 e. The summed E-state index contributed by atoms with van der Waals surface area (Å²) in [6, 6.07) is 19.4. The van der Waals surface area contributed by atoms with E-state index in [4.69, 9.17) is 0 Å². The van der Waals surface area contributed by atoms with Crippen LogP contribution in [0.15, 0.2) is 66.9 Å².